The van der Waals surface area contributed by atoms with Crippen LogP contribution >= 0.6 is 0 Å². The molecule has 0 bridgehead atoms. The fourth-order valence-electron chi connectivity index (χ4n) is 1.86. The zero-order valence-corrected chi connectivity index (χ0v) is 11.4. The number of halogens is 1. The number of amides is 1. The lowest BCUT2D eigenvalue weighted by atomic mass is 10.2. The third kappa shape index (κ3) is 2.85. The maximum Gasteiger partial charge on any atom is 0.254 e. The van der Waals surface area contributed by atoms with Crippen molar-refractivity contribution in [1.29, 1.82) is 0 Å². The quantitative estimate of drug-likeness (QED) is 0.846. The summed E-state index contributed by atoms with van der Waals surface area (Å²) >= 11 is 0. The smallest absolute Gasteiger partial charge is 0.254 e. The van der Waals surface area contributed by atoms with E-state index in [-0.39, 0.29) is 11.7 Å². The van der Waals surface area contributed by atoms with Crippen molar-refractivity contribution in [2.45, 2.75) is 6.92 Å². The average Bonchev–Trinajstić information content (AvgIpc) is 2.81. The first-order valence-corrected chi connectivity index (χ1v) is 6.22. The highest BCUT2D eigenvalue weighted by molar-refractivity contribution is 5.95. The number of methoxy groups -OCH3 is 1. The Hall–Kier alpha value is -2.21. The van der Waals surface area contributed by atoms with Crippen molar-refractivity contribution >= 4 is 5.91 Å². The molecular weight excluding hydrogens is 261 g/mol. The van der Waals surface area contributed by atoms with Gasteiger partial charge < -0.3 is 10.1 Å². The number of nitrogens with one attached hydrogen (secondary N) is 1. The van der Waals surface area contributed by atoms with Gasteiger partial charge in [-0.3, -0.25) is 4.79 Å². The van der Waals surface area contributed by atoms with Gasteiger partial charge in [0.1, 0.15) is 11.5 Å². The number of nitrogens with zero attached hydrogens (tertiary/aromatic N) is 2. The van der Waals surface area contributed by atoms with E-state index in [0.717, 1.165) is 0 Å². The van der Waals surface area contributed by atoms with Crippen LogP contribution in [0.2, 0.25) is 0 Å². The Morgan fingerprint density at radius 1 is 1.45 bits per heavy atom. The van der Waals surface area contributed by atoms with Crippen molar-refractivity contribution in [2.75, 3.05) is 20.3 Å². The van der Waals surface area contributed by atoms with Gasteiger partial charge in [-0.25, -0.2) is 9.07 Å². The second-order valence-electron chi connectivity index (χ2n) is 4.26. The van der Waals surface area contributed by atoms with Crippen molar-refractivity contribution in [2.24, 2.45) is 0 Å². The predicted molar refractivity (Wildman–Crippen MR) is 72.5 cm³/mol. The Kier molecular flexibility index (Phi) is 4.47. The van der Waals surface area contributed by atoms with Crippen molar-refractivity contribution in [3.63, 3.8) is 0 Å². The van der Waals surface area contributed by atoms with Crippen molar-refractivity contribution in [1.82, 2.24) is 15.1 Å². The second-order valence-corrected chi connectivity index (χ2v) is 4.26. The summed E-state index contributed by atoms with van der Waals surface area (Å²) in [5, 5.41) is 6.79. The number of aromatic nitrogens is 2. The van der Waals surface area contributed by atoms with E-state index in [9.17, 15) is 9.18 Å². The lowest BCUT2D eigenvalue weighted by Crippen LogP contribution is -2.27. The van der Waals surface area contributed by atoms with Gasteiger partial charge in [0.15, 0.2) is 0 Å². The lowest BCUT2D eigenvalue weighted by Gasteiger charge is -2.07. The fraction of sp³-hybridized carbons (Fsp3) is 0.286. The lowest BCUT2D eigenvalue weighted by molar-refractivity contribution is 0.0936. The Bertz CT molecular complexity index is 610. The van der Waals surface area contributed by atoms with Crippen molar-refractivity contribution in [3.05, 3.63) is 47.5 Å². The van der Waals surface area contributed by atoms with Crippen molar-refractivity contribution in [3.8, 4) is 5.69 Å². The molecule has 6 heteroatoms. The molecule has 0 spiro atoms. The molecule has 0 unspecified atom stereocenters. The molecular formula is C14H16FN3O2. The number of ether oxygens (including phenoxy) is 1. The predicted octanol–water partition coefficient (Wildman–Crippen LogP) is 1.70. The van der Waals surface area contributed by atoms with E-state index >= 15 is 0 Å². The Labute approximate surface area is 116 Å². The van der Waals surface area contributed by atoms with Crippen LogP contribution in [-0.2, 0) is 4.74 Å². The van der Waals surface area contributed by atoms with Gasteiger partial charge in [0.05, 0.1) is 24.1 Å². The molecule has 0 saturated heterocycles. The molecule has 0 atom stereocenters. The van der Waals surface area contributed by atoms with E-state index in [1.165, 1.54) is 16.9 Å². The standard InChI is InChI=1S/C14H16FN3O2/c1-10-11(14(19)16-7-8-20-2)9-17-18(10)13-6-4-3-5-12(13)15/h3-6,9H,7-8H2,1-2H3,(H,16,19). The summed E-state index contributed by atoms with van der Waals surface area (Å²) in [6.45, 7) is 2.58. The summed E-state index contributed by atoms with van der Waals surface area (Å²) in [7, 11) is 1.56. The van der Waals surface area contributed by atoms with Crippen LogP contribution in [0.1, 0.15) is 16.1 Å². The normalized spacial score (nSPS) is 10.6. The Morgan fingerprint density at radius 3 is 2.90 bits per heavy atom. The van der Waals surface area contributed by atoms with Crippen LogP contribution in [0.4, 0.5) is 4.39 Å². The van der Waals surface area contributed by atoms with Gasteiger partial charge in [0.25, 0.3) is 5.91 Å². The van der Waals surface area contributed by atoms with Crippen LogP contribution in [0, 0.1) is 12.7 Å². The summed E-state index contributed by atoms with van der Waals surface area (Å²) < 4.78 is 20.0. The largest absolute Gasteiger partial charge is 0.383 e. The molecule has 0 aliphatic carbocycles. The summed E-state index contributed by atoms with van der Waals surface area (Å²) in [6, 6.07) is 6.30. The molecule has 0 radical (unpaired) electrons. The van der Waals surface area contributed by atoms with Gasteiger partial charge in [0.2, 0.25) is 0 Å². The monoisotopic (exact) mass is 277 g/mol. The summed E-state index contributed by atoms with van der Waals surface area (Å²) in [4.78, 5) is 12.0. The summed E-state index contributed by atoms with van der Waals surface area (Å²) in [5.74, 6) is -0.632. The minimum absolute atomic E-state index is 0.248. The molecule has 2 rings (SSSR count). The molecule has 5 nitrogen and oxygen atoms in total. The number of benzene rings is 1. The van der Waals surface area contributed by atoms with Crippen LogP contribution in [0.15, 0.2) is 30.5 Å². The van der Waals surface area contributed by atoms with Gasteiger partial charge >= 0.3 is 0 Å². The Morgan fingerprint density at radius 2 is 2.20 bits per heavy atom. The van der Waals surface area contributed by atoms with E-state index in [2.05, 4.69) is 10.4 Å². The minimum atomic E-state index is -0.384. The van der Waals surface area contributed by atoms with E-state index in [1.54, 1.807) is 32.2 Å². The number of para-hydroxylation sites is 1. The van der Waals surface area contributed by atoms with Crippen LogP contribution in [0.25, 0.3) is 5.69 Å². The highest BCUT2D eigenvalue weighted by Gasteiger charge is 2.16. The molecule has 106 valence electrons. The molecule has 1 aromatic heterocycles. The topological polar surface area (TPSA) is 56.1 Å². The first-order valence-electron chi connectivity index (χ1n) is 6.22. The molecule has 1 N–H and O–H groups in total. The van der Waals surface area contributed by atoms with Gasteiger partial charge in [-0.15, -0.1) is 0 Å². The maximum atomic E-state index is 13.7. The molecule has 1 aromatic carbocycles. The zero-order valence-electron chi connectivity index (χ0n) is 11.4. The molecule has 0 saturated carbocycles. The van der Waals surface area contributed by atoms with E-state index in [0.29, 0.717) is 30.1 Å². The fourth-order valence-corrected chi connectivity index (χ4v) is 1.86. The first kappa shape index (κ1) is 14.2. The summed E-state index contributed by atoms with van der Waals surface area (Å²) in [5.41, 5.74) is 1.33. The number of hydrogen-bond acceptors (Lipinski definition) is 3. The molecule has 0 aliphatic rings. The van der Waals surface area contributed by atoms with Crippen LogP contribution in [0.3, 0.4) is 0 Å². The highest BCUT2D eigenvalue weighted by Crippen LogP contribution is 2.16. The van der Waals surface area contributed by atoms with Crippen LogP contribution in [0.5, 0.6) is 0 Å². The van der Waals surface area contributed by atoms with E-state index < -0.39 is 0 Å². The molecule has 1 heterocycles. The van der Waals surface area contributed by atoms with Crippen LogP contribution < -0.4 is 5.32 Å². The van der Waals surface area contributed by atoms with E-state index in [1.807, 2.05) is 0 Å². The summed E-state index contributed by atoms with van der Waals surface area (Å²) in [6.07, 6.45) is 1.43. The van der Waals surface area contributed by atoms with Gasteiger partial charge in [0, 0.05) is 13.7 Å². The SMILES string of the molecule is COCCNC(=O)c1cnn(-c2ccccc2F)c1C. The number of carbonyl (C=O) groups excluding carboxylic acids is 1. The molecule has 0 aliphatic heterocycles. The Balaban J connectivity index is 2.23. The number of rotatable bonds is 5. The number of hydrogen-bond donors (Lipinski definition) is 1. The maximum absolute atomic E-state index is 13.7. The third-order valence-electron chi connectivity index (χ3n) is 2.93. The molecule has 0 fully saturated rings. The minimum Gasteiger partial charge on any atom is -0.383 e. The molecule has 20 heavy (non-hydrogen) atoms. The number of carbonyl (C=O) groups is 1. The van der Waals surface area contributed by atoms with Crippen LogP contribution in [-0.4, -0.2) is 35.9 Å². The van der Waals surface area contributed by atoms with Gasteiger partial charge in [-0.2, -0.15) is 5.10 Å². The van der Waals surface area contributed by atoms with Gasteiger partial charge in [-0.05, 0) is 19.1 Å². The molecule has 2 aromatic rings. The second kappa shape index (κ2) is 6.29. The van der Waals surface area contributed by atoms with Gasteiger partial charge in [-0.1, -0.05) is 12.1 Å². The highest BCUT2D eigenvalue weighted by atomic mass is 19.1. The molecule has 1 amide bonds. The zero-order chi connectivity index (χ0) is 14.5. The van der Waals surface area contributed by atoms with Crippen molar-refractivity contribution < 1.29 is 13.9 Å². The van der Waals surface area contributed by atoms with E-state index in [4.69, 9.17) is 4.74 Å². The first-order chi connectivity index (χ1) is 9.65. The average molecular weight is 277 g/mol. The third-order valence-corrected chi connectivity index (χ3v) is 2.93.